The van der Waals surface area contributed by atoms with Crippen molar-refractivity contribution < 1.29 is 0 Å². The van der Waals surface area contributed by atoms with E-state index in [1.165, 1.54) is 0 Å². The van der Waals surface area contributed by atoms with E-state index in [2.05, 4.69) is 44.0 Å². The van der Waals surface area contributed by atoms with E-state index in [9.17, 15) is 0 Å². The standard InChI is InChI=1S/C17H18N6S/c1-3-12-9-14-13(10-20-12)21-15(23(14)4-2)11-22-7-5-18-16(22)17-19-6-8-24-17/h5-10H,3-4,11H2,1-2H3. The minimum Gasteiger partial charge on any atom is -0.327 e. The summed E-state index contributed by atoms with van der Waals surface area (Å²) >= 11 is 1.59. The molecule has 4 aromatic rings. The van der Waals surface area contributed by atoms with Gasteiger partial charge >= 0.3 is 0 Å². The lowest BCUT2D eigenvalue weighted by Crippen LogP contribution is -2.08. The molecule has 0 saturated heterocycles. The molecule has 24 heavy (non-hydrogen) atoms. The molecule has 0 bridgehead atoms. The van der Waals surface area contributed by atoms with Gasteiger partial charge < -0.3 is 9.13 Å². The number of rotatable bonds is 5. The van der Waals surface area contributed by atoms with Gasteiger partial charge in [0, 0.05) is 36.2 Å². The molecule has 0 atom stereocenters. The van der Waals surface area contributed by atoms with Gasteiger partial charge in [0.1, 0.15) is 11.3 Å². The number of fused-ring (bicyclic) bond motifs is 1. The van der Waals surface area contributed by atoms with Gasteiger partial charge in [-0.05, 0) is 19.4 Å². The summed E-state index contributed by atoms with van der Waals surface area (Å²) in [5.74, 6) is 1.89. The molecule has 0 fully saturated rings. The van der Waals surface area contributed by atoms with Gasteiger partial charge in [0.2, 0.25) is 0 Å². The van der Waals surface area contributed by atoms with E-state index in [0.29, 0.717) is 6.54 Å². The zero-order valence-corrected chi connectivity index (χ0v) is 14.5. The second-order valence-corrected chi connectivity index (χ2v) is 6.40. The second-order valence-electron chi connectivity index (χ2n) is 5.51. The maximum Gasteiger partial charge on any atom is 0.169 e. The zero-order valence-electron chi connectivity index (χ0n) is 13.7. The Morgan fingerprint density at radius 3 is 2.79 bits per heavy atom. The molecule has 4 heterocycles. The van der Waals surface area contributed by atoms with Crippen molar-refractivity contribution in [2.75, 3.05) is 0 Å². The normalized spacial score (nSPS) is 11.4. The maximum absolute atomic E-state index is 4.79. The van der Waals surface area contributed by atoms with Crippen LogP contribution in [-0.4, -0.2) is 29.1 Å². The summed E-state index contributed by atoms with van der Waals surface area (Å²) in [6, 6.07) is 2.14. The topological polar surface area (TPSA) is 61.4 Å². The molecule has 4 aromatic heterocycles. The van der Waals surface area contributed by atoms with Gasteiger partial charge in [0.25, 0.3) is 0 Å². The molecule has 0 aromatic carbocycles. The van der Waals surface area contributed by atoms with Crippen LogP contribution >= 0.6 is 11.3 Å². The van der Waals surface area contributed by atoms with Gasteiger partial charge in [-0.3, -0.25) is 4.98 Å². The molecule has 0 radical (unpaired) electrons. The summed E-state index contributed by atoms with van der Waals surface area (Å²) in [6.07, 6.45) is 8.39. The average Bonchev–Trinajstić information content (AvgIpc) is 3.33. The van der Waals surface area contributed by atoms with Crippen molar-refractivity contribution in [2.45, 2.75) is 33.4 Å². The molecule has 4 rings (SSSR count). The maximum atomic E-state index is 4.79. The van der Waals surface area contributed by atoms with Gasteiger partial charge in [-0.2, -0.15) is 0 Å². The number of pyridine rings is 1. The molecular formula is C17H18N6S. The molecule has 0 saturated carbocycles. The van der Waals surface area contributed by atoms with Crippen molar-refractivity contribution in [3.05, 3.63) is 47.8 Å². The van der Waals surface area contributed by atoms with E-state index in [0.717, 1.165) is 46.3 Å². The molecule has 0 spiro atoms. The fourth-order valence-corrected chi connectivity index (χ4v) is 3.56. The molecule has 0 unspecified atom stereocenters. The Morgan fingerprint density at radius 2 is 2.04 bits per heavy atom. The third kappa shape index (κ3) is 2.50. The first-order valence-electron chi connectivity index (χ1n) is 8.05. The van der Waals surface area contributed by atoms with E-state index in [1.807, 2.05) is 24.0 Å². The number of thiazole rings is 1. The first-order chi connectivity index (χ1) is 11.8. The first kappa shape index (κ1) is 15.0. The van der Waals surface area contributed by atoms with Gasteiger partial charge in [-0.25, -0.2) is 15.0 Å². The van der Waals surface area contributed by atoms with Crippen LogP contribution < -0.4 is 0 Å². The lowest BCUT2D eigenvalue weighted by atomic mass is 10.2. The summed E-state index contributed by atoms with van der Waals surface area (Å²) in [5, 5.41) is 2.89. The van der Waals surface area contributed by atoms with Crippen LogP contribution in [0.15, 0.2) is 36.2 Å². The smallest absolute Gasteiger partial charge is 0.169 e. The molecule has 7 heteroatoms. The van der Waals surface area contributed by atoms with Crippen LogP contribution in [0.5, 0.6) is 0 Å². The molecule has 0 amide bonds. The van der Waals surface area contributed by atoms with Gasteiger partial charge in [0.05, 0.1) is 18.3 Å². The Hall–Kier alpha value is -2.54. The molecule has 6 nitrogen and oxygen atoms in total. The lowest BCUT2D eigenvalue weighted by molar-refractivity contribution is 0.667. The molecule has 0 aliphatic carbocycles. The van der Waals surface area contributed by atoms with Gasteiger partial charge in [-0.15, -0.1) is 11.3 Å². The van der Waals surface area contributed by atoms with Crippen molar-refractivity contribution in [3.8, 4) is 10.8 Å². The Labute approximate surface area is 143 Å². The Balaban J connectivity index is 1.77. The predicted octanol–water partition coefficient (Wildman–Crippen LogP) is 3.38. The number of imidazole rings is 2. The van der Waals surface area contributed by atoms with E-state index in [4.69, 9.17) is 4.98 Å². The number of aromatic nitrogens is 6. The lowest BCUT2D eigenvalue weighted by Gasteiger charge is -2.09. The van der Waals surface area contributed by atoms with Crippen molar-refractivity contribution in [1.29, 1.82) is 0 Å². The van der Waals surface area contributed by atoms with E-state index < -0.39 is 0 Å². The number of nitrogens with zero attached hydrogens (tertiary/aromatic N) is 6. The summed E-state index contributed by atoms with van der Waals surface area (Å²) < 4.78 is 4.35. The number of aryl methyl sites for hydroxylation is 2. The monoisotopic (exact) mass is 338 g/mol. The van der Waals surface area contributed by atoms with E-state index in [1.54, 1.807) is 17.5 Å². The minimum atomic E-state index is 0.666. The average molecular weight is 338 g/mol. The summed E-state index contributed by atoms with van der Waals surface area (Å²) in [7, 11) is 0. The highest BCUT2D eigenvalue weighted by molar-refractivity contribution is 7.13. The number of hydrogen-bond acceptors (Lipinski definition) is 5. The third-order valence-corrected chi connectivity index (χ3v) is 4.87. The van der Waals surface area contributed by atoms with Crippen LogP contribution in [0.4, 0.5) is 0 Å². The van der Waals surface area contributed by atoms with E-state index >= 15 is 0 Å². The SMILES string of the molecule is CCc1cc2c(cn1)nc(Cn1ccnc1-c1nccs1)n2CC. The summed E-state index contributed by atoms with van der Waals surface area (Å²) in [4.78, 5) is 18.1. The Kier molecular flexibility index (Phi) is 3.86. The Bertz CT molecular complexity index is 966. The minimum absolute atomic E-state index is 0.666. The van der Waals surface area contributed by atoms with Crippen molar-refractivity contribution in [3.63, 3.8) is 0 Å². The van der Waals surface area contributed by atoms with Crippen LogP contribution in [0.1, 0.15) is 25.4 Å². The van der Waals surface area contributed by atoms with Gasteiger partial charge in [-0.1, -0.05) is 6.92 Å². The predicted molar refractivity (Wildman–Crippen MR) is 95.0 cm³/mol. The van der Waals surface area contributed by atoms with Crippen molar-refractivity contribution in [1.82, 2.24) is 29.1 Å². The van der Waals surface area contributed by atoms with Crippen LogP contribution in [0.25, 0.3) is 21.9 Å². The largest absolute Gasteiger partial charge is 0.327 e. The Morgan fingerprint density at radius 1 is 1.12 bits per heavy atom. The van der Waals surface area contributed by atoms with Crippen LogP contribution in [0.2, 0.25) is 0 Å². The van der Waals surface area contributed by atoms with Crippen LogP contribution in [0, 0.1) is 0 Å². The second kappa shape index (κ2) is 6.16. The first-order valence-corrected chi connectivity index (χ1v) is 8.93. The van der Waals surface area contributed by atoms with Gasteiger partial charge in [0.15, 0.2) is 10.8 Å². The van der Waals surface area contributed by atoms with Crippen molar-refractivity contribution in [2.24, 2.45) is 0 Å². The molecule has 0 N–H and O–H groups in total. The molecular weight excluding hydrogens is 320 g/mol. The summed E-state index contributed by atoms with van der Waals surface area (Å²) in [5.41, 5.74) is 3.19. The number of hydrogen-bond donors (Lipinski definition) is 0. The third-order valence-electron chi connectivity index (χ3n) is 4.10. The highest BCUT2D eigenvalue weighted by Crippen LogP contribution is 2.22. The molecule has 122 valence electrons. The van der Waals surface area contributed by atoms with Crippen LogP contribution in [0.3, 0.4) is 0 Å². The zero-order chi connectivity index (χ0) is 16.5. The highest BCUT2D eigenvalue weighted by atomic mass is 32.1. The van der Waals surface area contributed by atoms with Crippen LogP contribution in [-0.2, 0) is 19.5 Å². The molecule has 0 aliphatic heterocycles. The quantitative estimate of drug-likeness (QED) is 0.560. The van der Waals surface area contributed by atoms with E-state index in [-0.39, 0.29) is 0 Å². The highest BCUT2D eigenvalue weighted by Gasteiger charge is 2.14. The summed E-state index contributed by atoms with van der Waals surface area (Å²) in [6.45, 7) is 5.80. The fraction of sp³-hybridized carbons (Fsp3) is 0.294. The fourth-order valence-electron chi connectivity index (χ4n) is 2.91. The molecule has 0 aliphatic rings. The van der Waals surface area contributed by atoms with Crippen molar-refractivity contribution >= 4 is 22.4 Å².